The minimum atomic E-state index is -1.01. The van der Waals surface area contributed by atoms with Crippen LogP contribution in [0.4, 0.5) is 0 Å². The van der Waals surface area contributed by atoms with Crippen molar-refractivity contribution < 1.29 is 14.7 Å². The van der Waals surface area contributed by atoms with Gasteiger partial charge in [0.15, 0.2) is 6.04 Å². The molecule has 0 spiro atoms. The zero-order chi connectivity index (χ0) is 14.6. The summed E-state index contributed by atoms with van der Waals surface area (Å²) in [6, 6.07) is 4.42. The van der Waals surface area contributed by atoms with Gasteiger partial charge in [0.1, 0.15) is 0 Å². The molecule has 1 unspecified atom stereocenters. The molecule has 0 saturated carbocycles. The smallest absolute Gasteiger partial charge is 0.331 e. The van der Waals surface area contributed by atoms with Crippen LogP contribution in [0.2, 0.25) is 0 Å². The van der Waals surface area contributed by atoms with E-state index in [2.05, 4.69) is 15.9 Å². The number of carboxylic acid groups (broad SMARTS) is 1. The summed E-state index contributed by atoms with van der Waals surface area (Å²) < 4.78 is 0.922. The highest BCUT2D eigenvalue weighted by Crippen LogP contribution is 2.26. The summed E-state index contributed by atoms with van der Waals surface area (Å²) in [6.45, 7) is 5.64. The van der Waals surface area contributed by atoms with Crippen LogP contribution in [-0.2, 0) is 9.59 Å². The Kier molecular flexibility index (Phi) is 5.54. The highest BCUT2D eigenvalue weighted by molar-refractivity contribution is 9.10. The quantitative estimate of drug-likeness (QED) is 0.903. The second-order valence-electron chi connectivity index (χ2n) is 4.46. The summed E-state index contributed by atoms with van der Waals surface area (Å²) >= 11 is 3.38. The van der Waals surface area contributed by atoms with Crippen molar-refractivity contribution in [2.75, 3.05) is 6.54 Å². The summed E-state index contributed by atoms with van der Waals surface area (Å²) in [7, 11) is 0. The molecule has 0 saturated heterocycles. The molecule has 19 heavy (non-hydrogen) atoms. The summed E-state index contributed by atoms with van der Waals surface area (Å²) in [4.78, 5) is 24.6. The molecule has 104 valence electrons. The van der Waals surface area contributed by atoms with E-state index in [4.69, 9.17) is 0 Å². The number of benzene rings is 1. The summed E-state index contributed by atoms with van der Waals surface area (Å²) in [6.07, 6.45) is 0.721. The van der Waals surface area contributed by atoms with Gasteiger partial charge in [-0.1, -0.05) is 35.0 Å². The Morgan fingerprint density at radius 2 is 2.05 bits per heavy atom. The van der Waals surface area contributed by atoms with Gasteiger partial charge in [-0.3, -0.25) is 4.79 Å². The molecule has 1 N–H and O–H groups in total. The van der Waals surface area contributed by atoms with E-state index in [9.17, 15) is 14.7 Å². The maximum absolute atomic E-state index is 11.7. The van der Waals surface area contributed by atoms with Crippen LogP contribution in [0.15, 0.2) is 22.7 Å². The van der Waals surface area contributed by atoms with Crippen LogP contribution in [0.3, 0.4) is 0 Å². The van der Waals surface area contributed by atoms with E-state index in [0.717, 1.165) is 16.5 Å². The second-order valence-corrected chi connectivity index (χ2v) is 5.32. The SMILES string of the molecule is CCCN(C(C)=O)C(C(=O)O)c1ccc(Br)c(C)c1. The minimum absolute atomic E-state index is 0.227. The van der Waals surface area contributed by atoms with Crippen LogP contribution in [0.25, 0.3) is 0 Å². The van der Waals surface area contributed by atoms with Gasteiger partial charge in [-0.15, -0.1) is 0 Å². The van der Waals surface area contributed by atoms with E-state index in [1.165, 1.54) is 11.8 Å². The van der Waals surface area contributed by atoms with Gasteiger partial charge < -0.3 is 10.0 Å². The Hall–Kier alpha value is -1.36. The van der Waals surface area contributed by atoms with E-state index in [1.54, 1.807) is 12.1 Å². The number of carboxylic acids is 1. The number of aliphatic carboxylic acids is 1. The zero-order valence-electron chi connectivity index (χ0n) is 11.3. The summed E-state index contributed by atoms with van der Waals surface area (Å²) in [5.74, 6) is -1.24. The molecule has 0 heterocycles. The lowest BCUT2D eigenvalue weighted by Crippen LogP contribution is -2.38. The van der Waals surface area contributed by atoms with Crippen LogP contribution < -0.4 is 0 Å². The molecule has 0 aliphatic heterocycles. The van der Waals surface area contributed by atoms with Gasteiger partial charge in [-0.25, -0.2) is 4.79 Å². The van der Waals surface area contributed by atoms with Gasteiger partial charge in [0.25, 0.3) is 0 Å². The minimum Gasteiger partial charge on any atom is -0.479 e. The van der Waals surface area contributed by atoms with Crippen molar-refractivity contribution in [1.29, 1.82) is 0 Å². The third kappa shape index (κ3) is 3.80. The lowest BCUT2D eigenvalue weighted by Gasteiger charge is -2.28. The fraction of sp³-hybridized carbons (Fsp3) is 0.429. The Labute approximate surface area is 121 Å². The molecule has 1 atom stereocenters. The van der Waals surface area contributed by atoms with Crippen LogP contribution >= 0.6 is 15.9 Å². The molecular formula is C14H18BrNO3. The normalized spacial score (nSPS) is 12.0. The first kappa shape index (κ1) is 15.7. The van der Waals surface area contributed by atoms with Crippen molar-refractivity contribution in [3.63, 3.8) is 0 Å². The lowest BCUT2D eigenvalue weighted by molar-refractivity contribution is -0.149. The van der Waals surface area contributed by atoms with Gasteiger partial charge in [0, 0.05) is 17.9 Å². The molecule has 0 aliphatic carbocycles. The third-order valence-corrected chi connectivity index (χ3v) is 3.80. The number of amides is 1. The van der Waals surface area contributed by atoms with Crippen molar-refractivity contribution in [2.45, 2.75) is 33.2 Å². The molecule has 0 aliphatic rings. The van der Waals surface area contributed by atoms with Crippen LogP contribution in [0.5, 0.6) is 0 Å². The topological polar surface area (TPSA) is 57.6 Å². The first-order valence-electron chi connectivity index (χ1n) is 6.14. The first-order valence-corrected chi connectivity index (χ1v) is 6.93. The van der Waals surface area contributed by atoms with E-state index >= 15 is 0 Å². The molecule has 0 radical (unpaired) electrons. The average Bonchev–Trinajstić information content (AvgIpc) is 2.32. The standard InChI is InChI=1S/C14H18BrNO3/c1-4-7-16(10(3)17)13(14(18)19)11-5-6-12(15)9(2)8-11/h5-6,8,13H,4,7H2,1-3H3,(H,18,19). The predicted molar refractivity (Wildman–Crippen MR) is 76.9 cm³/mol. The van der Waals surface area contributed by atoms with E-state index in [0.29, 0.717) is 12.1 Å². The van der Waals surface area contributed by atoms with E-state index < -0.39 is 12.0 Å². The van der Waals surface area contributed by atoms with Gasteiger partial charge in [-0.05, 0) is 30.5 Å². The van der Waals surface area contributed by atoms with Crippen LogP contribution in [0, 0.1) is 6.92 Å². The zero-order valence-corrected chi connectivity index (χ0v) is 12.9. The van der Waals surface area contributed by atoms with Crippen molar-refractivity contribution in [1.82, 2.24) is 4.90 Å². The second kappa shape index (κ2) is 6.70. The fourth-order valence-electron chi connectivity index (χ4n) is 2.00. The van der Waals surface area contributed by atoms with Gasteiger partial charge >= 0.3 is 5.97 Å². The molecule has 1 aromatic carbocycles. The van der Waals surface area contributed by atoms with Crippen molar-refractivity contribution >= 4 is 27.8 Å². The molecule has 0 bridgehead atoms. The molecule has 1 aromatic rings. The lowest BCUT2D eigenvalue weighted by atomic mass is 10.0. The number of carbonyl (C=O) groups excluding carboxylic acids is 1. The first-order chi connectivity index (χ1) is 8.88. The van der Waals surface area contributed by atoms with Crippen molar-refractivity contribution in [3.05, 3.63) is 33.8 Å². The van der Waals surface area contributed by atoms with Crippen molar-refractivity contribution in [2.24, 2.45) is 0 Å². The van der Waals surface area contributed by atoms with Gasteiger partial charge in [0.05, 0.1) is 0 Å². The van der Waals surface area contributed by atoms with Crippen LogP contribution in [-0.4, -0.2) is 28.4 Å². The van der Waals surface area contributed by atoms with Gasteiger partial charge in [-0.2, -0.15) is 0 Å². The number of halogens is 1. The molecule has 0 fully saturated rings. The van der Waals surface area contributed by atoms with Crippen molar-refractivity contribution in [3.8, 4) is 0 Å². The third-order valence-electron chi connectivity index (χ3n) is 2.91. The Bertz CT molecular complexity index is 488. The number of rotatable bonds is 5. The predicted octanol–water partition coefficient (Wildman–Crippen LogP) is 3.14. The van der Waals surface area contributed by atoms with E-state index in [1.807, 2.05) is 19.9 Å². The van der Waals surface area contributed by atoms with Crippen LogP contribution in [0.1, 0.15) is 37.4 Å². The average molecular weight is 328 g/mol. The number of aryl methyl sites for hydroxylation is 1. The number of hydrogen-bond donors (Lipinski definition) is 1. The summed E-state index contributed by atoms with van der Waals surface area (Å²) in [5.41, 5.74) is 1.57. The Morgan fingerprint density at radius 1 is 1.42 bits per heavy atom. The molecule has 5 heteroatoms. The molecular weight excluding hydrogens is 310 g/mol. The largest absolute Gasteiger partial charge is 0.479 e. The highest BCUT2D eigenvalue weighted by atomic mass is 79.9. The van der Waals surface area contributed by atoms with Gasteiger partial charge in [0.2, 0.25) is 5.91 Å². The fourth-order valence-corrected chi connectivity index (χ4v) is 2.25. The highest BCUT2D eigenvalue weighted by Gasteiger charge is 2.29. The Morgan fingerprint density at radius 3 is 2.47 bits per heavy atom. The number of hydrogen-bond acceptors (Lipinski definition) is 2. The van der Waals surface area contributed by atoms with E-state index in [-0.39, 0.29) is 5.91 Å². The molecule has 0 aromatic heterocycles. The maximum atomic E-state index is 11.7. The molecule has 1 amide bonds. The molecule has 4 nitrogen and oxygen atoms in total. The molecule has 1 rings (SSSR count). The monoisotopic (exact) mass is 327 g/mol. The Balaban J connectivity index is 3.21. The summed E-state index contributed by atoms with van der Waals surface area (Å²) in [5, 5.41) is 9.43. The number of nitrogens with zero attached hydrogens (tertiary/aromatic N) is 1. The maximum Gasteiger partial charge on any atom is 0.331 e. The number of carbonyl (C=O) groups is 2.